The molecule has 0 radical (unpaired) electrons. The minimum atomic E-state index is -0.484. The summed E-state index contributed by atoms with van der Waals surface area (Å²) in [5.41, 5.74) is 0.660. The molecule has 1 aliphatic rings. The van der Waals surface area contributed by atoms with Gasteiger partial charge in [0.2, 0.25) is 5.91 Å². The first kappa shape index (κ1) is 16.0. The van der Waals surface area contributed by atoms with Gasteiger partial charge < -0.3 is 10.0 Å². The third-order valence-electron chi connectivity index (χ3n) is 3.90. The molecule has 1 aromatic carbocycles. The summed E-state index contributed by atoms with van der Waals surface area (Å²) in [6.07, 6.45) is 6.14. The van der Waals surface area contributed by atoms with Crippen molar-refractivity contribution in [3.05, 3.63) is 40.7 Å². The minimum Gasteiger partial charge on any atom is -0.391 e. The summed E-state index contributed by atoms with van der Waals surface area (Å²) in [4.78, 5) is 13.7. The summed E-state index contributed by atoms with van der Waals surface area (Å²) in [6.45, 7) is 0. The Hall–Kier alpha value is -1.39. The Morgan fingerprint density at radius 3 is 2.81 bits per heavy atom. The summed E-state index contributed by atoms with van der Waals surface area (Å²) in [5, 5.41) is 9.99. The Morgan fingerprint density at radius 2 is 2.14 bits per heavy atom. The molecule has 3 nitrogen and oxygen atoms in total. The predicted octanol–water partition coefficient (Wildman–Crippen LogP) is 3.25. The van der Waals surface area contributed by atoms with E-state index in [4.69, 9.17) is 11.6 Å². The van der Waals surface area contributed by atoms with E-state index in [1.807, 2.05) is 0 Å². The van der Waals surface area contributed by atoms with Gasteiger partial charge in [-0.25, -0.2) is 4.39 Å². The number of aliphatic hydroxyl groups excluding tert-OH is 1. The second-order valence-corrected chi connectivity index (χ2v) is 5.78. The Morgan fingerprint density at radius 1 is 1.43 bits per heavy atom. The standard InChI is InChI=1S/C16H19ClFNO2/c1-19(14-4-2-3-5-15(14)20)16(21)9-7-11-6-8-13(18)12(17)10-11/h6-10,14-15,20H,2-5H2,1H3/b9-7+. The monoisotopic (exact) mass is 311 g/mol. The maximum absolute atomic E-state index is 13.1. The van der Waals surface area contributed by atoms with E-state index in [1.54, 1.807) is 24.1 Å². The van der Waals surface area contributed by atoms with Crippen LogP contribution >= 0.6 is 11.6 Å². The number of carbonyl (C=O) groups excluding carboxylic acids is 1. The number of carbonyl (C=O) groups is 1. The summed E-state index contributed by atoms with van der Waals surface area (Å²) in [5.74, 6) is -0.663. The molecule has 1 aromatic rings. The van der Waals surface area contributed by atoms with Gasteiger partial charge in [-0.1, -0.05) is 30.5 Å². The van der Waals surface area contributed by atoms with Crippen LogP contribution in [0.2, 0.25) is 5.02 Å². The average Bonchev–Trinajstić information content (AvgIpc) is 2.48. The molecule has 2 rings (SSSR count). The maximum Gasteiger partial charge on any atom is 0.246 e. The van der Waals surface area contributed by atoms with Crippen molar-refractivity contribution in [1.82, 2.24) is 4.90 Å². The number of rotatable bonds is 3. The van der Waals surface area contributed by atoms with E-state index in [1.165, 1.54) is 18.2 Å². The van der Waals surface area contributed by atoms with E-state index in [0.29, 0.717) is 5.56 Å². The van der Waals surface area contributed by atoms with Crippen molar-refractivity contribution < 1.29 is 14.3 Å². The number of halogens is 2. The Balaban J connectivity index is 2.02. The van der Waals surface area contributed by atoms with Gasteiger partial charge in [0.1, 0.15) is 5.82 Å². The van der Waals surface area contributed by atoms with Gasteiger partial charge in [-0.3, -0.25) is 4.79 Å². The molecule has 0 saturated heterocycles. The number of hydrogen-bond donors (Lipinski definition) is 1. The Bertz CT molecular complexity index is 547. The van der Waals surface area contributed by atoms with E-state index >= 15 is 0 Å². The highest BCUT2D eigenvalue weighted by Gasteiger charge is 2.28. The van der Waals surface area contributed by atoms with E-state index in [9.17, 15) is 14.3 Å². The number of aliphatic hydroxyl groups is 1. The molecule has 1 N–H and O–H groups in total. The molecular formula is C16H19ClFNO2. The van der Waals surface area contributed by atoms with Crippen LogP contribution in [-0.2, 0) is 4.79 Å². The van der Waals surface area contributed by atoms with Gasteiger partial charge in [0.15, 0.2) is 0 Å². The fraction of sp³-hybridized carbons (Fsp3) is 0.438. The van der Waals surface area contributed by atoms with Crippen LogP contribution in [0.3, 0.4) is 0 Å². The summed E-state index contributed by atoms with van der Waals surface area (Å²) in [7, 11) is 1.70. The number of amides is 1. The quantitative estimate of drug-likeness (QED) is 0.871. The molecule has 2 unspecified atom stereocenters. The molecule has 0 heterocycles. The van der Waals surface area contributed by atoms with E-state index in [-0.39, 0.29) is 17.0 Å². The molecule has 0 spiro atoms. The molecule has 0 bridgehead atoms. The van der Waals surface area contributed by atoms with Gasteiger partial charge in [-0.05, 0) is 36.6 Å². The largest absolute Gasteiger partial charge is 0.391 e. The lowest BCUT2D eigenvalue weighted by Gasteiger charge is -2.34. The van der Waals surface area contributed by atoms with Gasteiger partial charge in [-0.15, -0.1) is 0 Å². The van der Waals surface area contributed by atoms with Crippen LogP contribution in [0, 0.1) is 5.82 Å². The van der Waals surface area contributed by atoms with Crippen LogP contribution in [0.5, 0.6) is 0 Å². The molecule has 114 valence electrons. The number of nitrogens with zero attached hydrogens (tertiary/aromatic N) is 1. The number of likely N-dealkylation sites (N-methyl/N-ethyl adjacent to an activating group) is 1. The molecule has 1 fully saturated rings. The van der Waals surface area contributed by atoms with Crippen LogP contribution in [0.25, 0.3) is 6.08 Å². The first-order valence-electron chi connectivity index (χ1n) is 7.07. The first-order valence-corrected chi connectivity index (χ1v) is 7.45. The first-order chi connectivity index (χ1) is 9.99. The zero-order valence-corrected chi connectivity index (χ0v) is 12.7. The van der Waals surface area contributed by atoms with E-state index < -0.39 is 11.9 Å². The molecule has 5 heteroatoms. The average molecular weight is 312 g/mol. The number of hydrogen-bond acceptors (Lipinski definition) is 2. The van der Waals surface area contributed by atoms with E-state index in [0.717, 1.165) is 25.7 Å². The molecule has 0 aromatic heterocycles. The summed E-state index contributed by atoms with van der Waals surface area (Å²) >= 11 is 5.70. The maximum atomic E-state index is 13.1. The fourth-order valence-corrected chi connectivity index (χ4v) is 2.80. The van der Waals surface area contributed by atoms with Gasteiger partial charge in [0, 0.05) is 13.1 Å². The second kappa shape index (κ2) is 7.05. The zero-order chi connectivity index (χ0) is 15.4. The normalized spacial score (nSPS) is 22.5. The van der Waals surface area contributed by atoms with Crippen molar-refractivity contribution in [3.63, 3.8) is 0 Å². The number of benzene rings is 1. The topological polar surface area (TPSA) is 40.5 Å². The molecule has 21 heavy (non-hydrogen) atoms. The van der Waals surface area contributed by atoms with Gasteiger partial charge in [0.05, 0.1) is 17.2 Å². The molecular weight excluding hydrogens is 293 g/mol. The molecule has 1 saturated carbocycles. The molecule has 1 amide bonds. The van der Waals surface area contributed by atoms with Gasteiger partial charge in [0.25, 0.3) is 0 Å². The predicted molar refractivity (Wildman–Crippen MR) is 81.5 cm³/mol. The molecule has 0 aliphatic heterocycles. The van der Waals surface area contributed by atoms with Crippen molar-refractivity contribution in [2.75, 3.05) is 7.05 Å². The van der Waals surface area contributed by atoms with Crippen LogP contribution in [0.1, 0.15) is 31.2 Å². The zero-order valence-electron chi connectivity index (χ0n) is 11.9. The SMILES string of the molecule is CN(C(=O)/C=C/c1ccc(F)c(Cl)c1)C1CCCCC1O. The Labute approximate surface area is 129 Å². The molecule has 1 aliphatic carbocycles. The van der Waals surface area contributed by atoms with Crippen LogP contribution in [0.15, 0.2) is 24.3 Å². The Kier molecular flexibility index (Phi) is 5.37. The minimum absolute atomic E-state index is 0.0284. The summed E-state index contributed by atoms with van der Waals surface area (Å²) < 4.78 is 13.1. The van der Waals surface area contributed by atoms with E-state index in [2.05, 4.69) is 0 Å². The highest BCUT2D eigenvalue weighted by molar-refractivity contribution is 6.30. The van der Waals surface area contributed by atoms with Gasteiger partial charge >= 0.3 is 0 Å². The highest BCUT2D eigenvalue weighted by Crippen LogP contribution is 2.23. The summed E-state index contributed by atoms with van der Waals surface area (Å²) in [6, 6.07) is 4.16. The lowest BCUT2D eigenvalue weighted by molar-refractivity contribution is -0.130. The van der Waals surface area contributed by atoms with Crippen LogP contribution < -0.4 is 0 Å². The van der Waals surface area contributed by atoms with Gasteiger partial charge in [-0.2, -0.15) is 0 Å². The molecule has 2 atom stereocenters. The van der Waals surface area contributed by atoms with Crippen molar-refractivity contribution in [3.8, 4) is 0 Å². The van der Waals surface area contributed by atoms with Crippen LogP contribution in [0.4, 0.5) is 4.39 Å². The smallest absolute Gasteiger partial charge is 0.246 e. The third-order valence-corrected chi connectivity index (χ3v) is 4.19. The lowest BCUT2D eigenvalue weighted by Crippen LogP contribution is -2.45. The van der Waals surface area contributed by atoms with Crippen molar-refractivity contribution in [2.24, 2.45) is 0 Å². The van der Waals surface area contributed by atoms with Crippen LogP contribution in [-0.4, -0.2) is 35.1 Å². The van der Waals surface area contributed by atoms with Crippen molar-refractivity contribution >= 4 is 23.6 Å². The lowest BCUT2D eigenvalue weighted by atomic mass is 9.91. The third kappa shape index (κ3) is 4.05. The van der Waals surface area contributed by atoms with Crippen molar-refractivity contribution in [1.29, 1.82) is 0 Å². The fourth-order valence-electron chi connectivity index (χ4n) is 2.61. The van der Waals surface area contributed by atoms with Crippen molar-refractivity contribution in [2.45, 2.75) is 37.8 Å². The second-order valence-electron chi connectivity index (χ2n) is 5.38. The highest BCUT2D eigenvalue weighted by atomic mass is 35.5.